The van der Waals surface area contributed by atoms with Gasteiger partial charge in [-0.05, 0) is 48.5 Å². The highest BCUT2D eigenvalue weighted by atomic mass is 32.2. The number of carbonyl (C=O) groups excluding carboxylic acids is 1. The van der Waals surface area contributed by atoms with Crippen molar-refractivity contribution in [3.8, 4) is 28.7 Å². The molecule has 0 N–H and O–H groups in total. The van der Waals surface area contributed by atoms with E-state index in [2.05, 4.69) is 0 Å². The Bertz CT molecular complexity index is 1400. The number of carbonyl (C=O) groups is 1. The van der Waals surface area contributed by atoms with E-state index in [1.54, 1.807) is 12.1 Å². The Kier molecular flexibility index (Phi) is 6.16. The van der Waals surface area contributed by atoms with Gasteiger partial charge in [0.2, 0.25) is 5.78 Å². The van der Waals surface area contributed by atoms with Gasteiger partial charge in [-0.2, -0.15) is 8.42 Å². The van der Waals surface area contributed by atoms with Crippen LogP contribution in [-0.2, 0) is 10.1 Å². The lowest BCUT2D eigenvalue weighted by Gasteiger charge is -2.12. The third kappa shape index (κ3) is 4.40. The molecular formula is C24H19FO8S. The number of allylic oxidation sites excluding steroid dienone is 1. The summed E-state index contributed by atoms with van der Waals surface area (Å²) in [6.07, 6.45) is 1.49. The molecule has 0 bridgehead atoms. The molecule has 3 aromatic carbocycles. The number of halogens is 1. The minimum atomic E-state index is -4.21. The molecule has 1 aliphatic heterocycles. The van der Waals surface area contributed by atoms with Crippen LogP contribution < -0.4 is 23.1 Å². The summed E-state index contributed by atoms with van der Waals surface area (Å²) in [5, 5.41) is 0. The Morgan fingerprint density at radius 1 is 0.853 bits per heavy atom. The van der Waals surface area contributed by atoms with Crippen molar-refractivity contribution >= 4 is 22.0 Å². The molecule has 0 unspecified atom stereocenters. The number of fused-ring (bicyclic) bond motifs is 1. The average molecular weight is 486 g/mol. The standard InChI is InChI=1S/C24H19FO8S/c1-29-19-13-22(31-3)21(30-2)10-14(19)11-23-24(26)18-9-6-16(12-20(18)32-23)33-34(27,28)17-7-4-15(25)5-8-17/h4-13H,1-3H3/b23-11-. The fraction of sp³-hybridized carbons (Fsp3) is 0.125. The molecule has 3 aromatic rings. The maximum atomic E-state index is 13.1. The summed E-state index contributed by atoms with van der Waals surface area (Å²) < 4.78 is 64.8. The van der Waals surface area contributed by atoms with Crippen molar-refractivity contribution in [3.63, 3.8) is 0 Å². The third-order valence-corrected chi connectivity index (χ3v) is 6.23. The van der Waals surface area contributed by atoms with Crippen LogP contribution in [0.4, 0.5) is 4.39 Å². The number of rotatable bonds is 7. The molecule has 4 rings (SSSR count). The van der Waals surface area contributed by atoms with Crippen molar-refractivity contribution < 1.29 is 40.7 Å². The summed E-state index contributed by atoms with van der Waals surface area (Å²) >= 11 is 0. The highest BCUT2D eigenvalue weighted by Gasteiger charge is 2.29. The molecule has 1 heterocycles. The fourth-order valence-corrected chi connectivity index (χ4v) is 4.22. The lowest BCUT2D eigenvalue weighted by molar-refractivity contribution is 0.101. The topological polar surface area (TPSA) is 97.4 Å². The van der Waals surface area contributed by atoms with Gasteiger partial charge < -0.3 is 23.1 Å². The summed E-state index contributed by atoms with van der Waals surface area (Å²) in [6.45, 7) is 0. The van der Waals surface area contributed by atoms with Crippen molar-refractivity contribution in [1.82, 2.24) is 0 Å². The Balaban J connectivity index is 1.63. The van der Waals surface area contributed by atoms with Crippen LogP contribution in [0.15, 0.2) is 65.3 Å². The zero-order chi connectivity index (χ0) is 24.5. The van der Waals surface area contributed by atoms with Crippen LogP contribution in [-0.4, -0.2) is 35.5 Å². The number of hydrogen-bond donors (Lipinski definition) is 0. The molecule has 0 atom stereocenters. The Labute approximate surface area is 195 Å². The first-order chi connectivity index (χ1) is 16.2. The number of hydrogen-bond acceptors (Lipinski definition) is 8. The van der Waals surface area contributed by atoms with Crippen molar-refractivity contribution in [1.29, 1.82) is 0 Å². The second-order valence-corrected chi connectivity index (χ2v) is 8.58. The van der Waals surface area contributed by atoms with Crippen molar-refractivity contribution in [2.45, 2.75) is 4.90 Å². The van der Waals surface area contributed by atoms with E-state index in [0.29, 0.717) is 22.8 Å². The van der Waals surface area contributed by atoms with Crippen LogP contribution >= 0.6 is 0 Å². The molecule has 0 fully saturated rings. The first kappa shape index (κ1) is 23.1. The summed E-state index contributed by atoms with van der Waals surface area (Å²) in [5.74, 6) is 0.385. The lowest BCUT2D eigenvalue weighted by Crippen LogP contribution is -2.09. The van der Waals surface area contributed by atoms with Crippen LogP contribution in [0.5, 0.6) is 28.7 Å². The smallest absolute Gasteiger partial charge is 0.339 e. The molecule has 0 aliphatic carbocycles. The molecule has 8 nitrogen and oxygen atoms in total. The van der Waals surface area contributed by atoms with Crippen molar-refractivity contribution in [2.24, 2.45) is 0 Å². The van der Waals surface area contributed by atoms with E-state index in [4.69, 9.17) is 23.1 Å². The maximum Gasteiger partial charge on any atom is 0.339 e. The number of ketones is 1. The van der Waals surface area contributed by atoms with E-state index >= 15 is 0 Å². The summed E-state index contributed by atoms with van der Waals surface area (Å²) in [6, 6.07) is 11.5. The van der Waals surface area contributed by atoms with Crippen molar-refractivity contribution in [3.05, 3.63) is 77.3 Å². The van der Waals surface area contributed by atoms with Gasteiger partial charge in [-0.3, -0.25) is 4.79 Å². The van der Waals surface area contributed by atoms with Crippen LogP contribution in [0, 0.1) is 5.82 Å². The molecular weight excluding hydrogens is 467 g/mol. The van der Waals surface area contributed by atoms with Gasteiger partial charge in [-0.1, -0.05) is 0 Å². The zero-order valence-electron chi connectivity index (χ0n) is 18.3. The third-order valence-electron chi connectivity index (χ3n) is 4.97. The van der Waals surface area contributed by atoms with Gasteiger partial charge in [0.05, 0.1) is 26.9 Å². The predicted molar refractivity (Wildman–Crippen MR) is 120 cm³/mol. The molecule has 1 aliphatic rings. The van der Waals surface area contributed by atoms with E-state index in [1.807, 2.05) is 0 Å². The quantitative estimate of drug-likeness (QED) is 0.362. The van der Waals surface area contributed by atoms with E-state index in [-0.39, 0.29) is 27.7 Å². The monoisotopic (exact) mass is 486 g/mol. The molecule has 34 heavy (non-hydrogen) atoms. The van der Waals surface area contributed by atoms with E-state index in [1.165, 1.54) is 45.6 Å². The lowest BCUT2D eigenvalue weighted by atomic mass is 10.1. The van der Waals surface area contributed by atoms with Gasteiger partial charge >= 0.3 is 10.1 Å². The van der Waals surface area contributed by atoms with Gasteiger partial charge in [0.1, 0.15) is 28.0 Å². The first-order valence-electron chi connectivity index (χ1n) is 9.84. The molecule has 0 saturated heterocycles. The number of benzene rings is 3. The SMILES string of the molecule is COc1cc(OC)c(OC)cc1/C=C1\Oc2cc(OS(=O)(=O)c3ccc(F)cc3)ccc2C1=O. The zero-order valence-corrected chi connectivity index (χ0v) is 19.1. The van der Waals surface area contributed by atoms with Gasteiger partial charge in [0.25, 0.3) is 0 Å². The normalized spacial score (nSPS) is 13.9. The summed E-state index contributed by atoms with van der Waals surface area (Å²) in [7, 11) is 0.236. The number of ether oxygens (including phenoxy) is 4. The van der Waals surface area contributed by atoms with E-state index < -0.39 is 21.7 Å². The van der Waals surface area contributed by atoms with Gasteiger partial charge in [-0.25, -0.2) is 4.39 Å². The predicted octanol–water partition coefficient (Wildman–Crippen LogP) is 4.24. The molecule has 176 valence electrons. The fourth-order valence-electron chi connectivity index (χ4n) is 3.30. The molecule has 0 aromatic heterocycles. The maximum absolute atomic E-state index is 13.1. The highest BCUT2D eigenvalue weighted by Crippen LogP contribution is 2.39. The first-order valence-corrected chi connectivity index (χ1v) is 11.2. The molecule has 10 heteroatoms. The Morgan fingerprint density at radius 3 is 2.15 bits per heavy atom. The molecule has 0 amide bonds. The van der Waals surface area contributed by atoms with E-state index in [9.17, 15) is 17.6 Å². The molecule has 0 spiro atoms. The average Bonchev–Trinajstić information content (AvgIpc) is 3.13. The van der Waals surface area contributed by atoms with Crippen molar-refractivity contribution in [2.75, 3.05) is 21.3 Å². The van der Waals surface area contributed by atoms with E-state index in [0.717, 1.165) is 24.3 Å². The Morgan fingerprint density at radius 2 is 1.50 bits per heavy atom. The number of Topliss-reactive ketones (excluding diaryl/α,β-unsaturated/α-hetero) is 1. The van der Waals surface area contributed by atoms with Crippen LogP contribution in [0.2, 0.25) is 0 Å². The summed E-state index contributed by atoms with van der Waals surface area (Å²) in [4.78, 5) is 12.6. The molecule has 0 radical (unpaired) electrons. The second-order valence-electron chi connectivity index (χ2n) is 7.04. The minimum absolute atomic E-state index is 0.000869. The van der Waals surface area contributed by atoms with Crippen LogP contribution in [0.3, 0.4) is 0 Å². The largest absolute Gasteiger partial charge is 0.496 e. The van der Waals surface area contributed by atoms with Gasteiger partial charge in [0, 0.05) is 17.7 Å². The molecule has 0 saturated carbocycles. The van der Waals surface area contributed by atoms with Gasteiger partial charge in [0.15, 0.2) is 17.3 Å². The minimum Gasteiger partial charge on any atom is -0.496 e. The number of methoxy groups -OCH3 is 3. The van der Waals surface area contributed by atoms with Gasteiger partial charge in [-0.15, -0.1) is 0 Å². The van der Waals surface area contributed by atoms with Crippen LogP contribution in [0.25, 0.3) is 6.08 Å². The summed E-state index contributed by atoms with van der Waals surface area (Å²) in [5.41, 5.74) is 0.740. The van der Waals surface area contributed by atoms with Crippen LogP contribution in [0.1, 0.15) is 15.9 Å². The second kappa shape index (κ2) is 9.06. The highest BCUT2D eigenvalue weighted by molar-refractivity contribution is 7.87. The Hall–Kier alpha value is -4.05.